The van der Waals surface area contributed by atoms with Gasteiger partial charge in [0.15, 0.2) is 5.78 Å². The smallest absolute Gasteiger partial charge is 0.338 e. The molecule has 1 unspecified atom stereocenters. The lowest BCUT2D eigenvalue weighted by atomic mass is 9.97. The lowest BCUT2D eigenvalue weighted by Gasteiger charge is -2.26. The summed E-state index contributed by atoms with van der Waals surface area (Å²) in [5.74, 6) is -2.15. The van der Waals surface area contributed by atoms with Gasteiger partial charge in [-0.25, -0.2) is 19.0 Å². The van der Waals surface area contributed by atoms with Crippen molar-refractivity contribution in [1.29, 1.82) is 0 Å². The van der Waals surface area contributed by atoms with Crippen LogP contribution in [0.2, 0.25) is 0 Å². The minimum absolute atomic E-state index is 0.122. The number of anilines is 2. The van der Waals surface area contributed by atoms with Crippen molar-refractivity contribution >= 4 is 40.8 Å². The van der Waals surface area contributed by atoms with Crippen LogP contribution in [0.15, 0.2) is 96.0 Å². The summed E-state index contributed by atoms with van der Waals surface area (Å²) in [4.78, 5) is 59.8. The van der Waals surface area contributed by atoms with Gasteiger partial charge in [0.2, 0.25) is 6.17 Å². The number of halogens is 1. The molecular weight excluding hydrogens is 599 g/mol. The van der Waals surface area contributed by atoms with Crippen molar-refractivity contribution in [2.75, 3.05) is 16.8 Å². The molecule has 1 atom stereocenters. The number of aryl methyl sites for hydroxylation is 2. The predicted molar refractivity (Wildman–Crippen MR) is 179 cm³/mol. The van der Waals surface area contributed by atoms with Crippen LogP contribution in [0.1, 0.15) is 63.7 Å². The van der Waals surface area contributed by atoms with Crippen LogP contribution in [0.3, 0.4) is 0 Å². The number of ether oxygens (including phenoxy) is 1. The van der Waals surface area contributed by atoms with Crippen LogP contribution in [0.5, 0.6) is 0 Å². The minimum atomic E-state index is -1.55. The maximum absolute atomic E-state index is 15.3. The molecule has 0 aliphatic carbocycles. The molecule has 10 heteroatoms. The summed E-state index contributed by atoms with van der Waals surface area (Å²) >= 11 is 0. The van der Waals surface area contributed by atoms with E-state index < -0.39 is 35.5 Å². The minimum Gasteiger partial charge on any atom is -0.456 e. The summed E-state index contributed by atoms with van der Waals surface area (Å²) in [6, 6.07) is 23.7. The van der Waals surface area contributed by atoms with Gasteiger partial charge in [-0.15, -0.1) is 0 Å². The fraction of sp³-hybridized carbons (Fsp3) is 0.216. The molecule has 0 radical (unpaired) electrons. The Labute approximate surface area is 272 Å². The van der Waals surface area contributed by atoms with Crippen LogP contribution in [-0.2, 0) is 9.53 Å². The largest absolute Gasteiger partial charge is 0.456 e. The molecule has 0 fully saturated rings. The number of carbonyl (C=O) groups excluding carboxylic acids is 4. The zero-order chi connectivity index (χ0) is 33.9. The van der Waals surface area contributed by atoms with Crippen molar-refractivity contribution in [3.05, 3.63) is 130 Å². The van der Waals surface area contributed by atoms with Gasteiger partial charge in [0.1, 0.15) is 11.4 Å². The number of hydrogen-bond donors (Lipinski definition) is 2. The van der Waals surface area contributed by atoms with Crippen LogP contribution in [0.4, 0.5) is 20.6 Å². The van der Waals surface area contributed by atoms with Gasteiger partial charge in [0.25, 0.3) is 5.91 Å². The number of benzodiazepines with no additional fused rings is 1. The summed E-state index contributed by atoms with van der Waals surface area (Å²) in [5.41, 5.74) is 2.68. The maximum atomic E-state index is 15.3. The number of carbonyl (C=O) groups is 4. The number of benzene rings is 4. The van der Waals surface area contributed by atoms with Gasteiger partial charge < -0.3 is 20.3 Å². The highest BCUT2D eigenvalue weighted by atomic mass is 19.1. The number of esters is 1. The number of rotatable bonds is 7. The zero-order valence-corrected chi connectivity index (χ0v) is 26.8. The summed E-state index contributed by atoms with van der Waals surface area (Å²) in [7, 11) is 0. The molecule has 1 heterocycles. The highest BCUT2D eigenvalue weighted by Crippen LogP contribution is 2.32. The molecule has 240 valence electrons. The standard InChI is InChI=1S/C37H35FN4O5/c1-22-12-6-7-16-26(22)30(43)21-42-32-23(2)13-10-18-28(32)31(27-17-8-9-19-29(27)38)40-33(34(42)44)41-36(46)39-25-15-11-14-24(20-25)35(45)47-37(3,4)5/h6-20,33H,21H2,1-5H3,(H2,39,41,46). The monoisotopic (exact) mass is 634 g/mol. The third-order valence-corrected chi connectivity index (χ3v) is 7.42. The van der Waals surface area contributed by atoms with Crippen LogP contribution in [0, 0.1) is 19.7 Å². The molecule has 4 aromatic rings. The second-order valence-electron chi connectivity index (χ2n) is 12.2. The Kier molecular flexibility index (Phi) is 9.32. The first-order chi connectivity index (χ1) is 22.3. The van der Waals surface area contributed by atoms with E-state index >= 15 is 4.39 Å². The first kappa shape index (κ1) is 32.7. The van der Waals surface area contributed by atoms with E-state index in [1.54, 1.807) is 88.4 Å². The number of urea groups is 1. The van der Waals surface area contributed by atoms with Crippen molar-refractivity contribution in [3.63, 3.8) is 0 Å². The quantitative estimate of drug-likeness (QED) is 0.175. The number of nitrogens with one attached hydrogen (secondary N) is 2. The van der Waals surface area contributed by atoms with Crippen LogP contribution in [-0.4, -0.2) is 47.7 Å². The van der Waals surface area contributed by atoms with E-state index in [0.29, 0.717) is 22.4 Å². The Balaban J connectivity index is 1.53. The predicted octanol–water partition coefficient (Wildman–Crippen LogP) is 6.61. The molecular formula is C37H35FN4O5. The van der Waals surface area contributed by atoms with Crippen LogP contribution < -0.4 is 15.5 Å². The highest BCUT2D eigenvalue weighted by Gasteiger charge is 2.36. The third kappa shape index (κ3) is 7.44. The third-order valence-electron chi connectivity index (χ3n) is 7.42. The van der Waals surface area contributed by atoms with Gasteiger partial charge in [-0.2, -0.15) is 0 Å². The maximum Gasteiger partial charge on any atom is 0.338 e. The van der Waals surface area contributed by atoms with E-state index in [1.807, 2.05) is 19.1 Å². The molecule has 0 spiro atoms. The Bertz CT molecular complexity index is 1910. The number of fused-ring (bicyclic) bond motifs is 1. The number of nitrogens with zero attached hydrogens (tertiary/aromatic N) is 2. The number of hydrogen-bond acceptors (Lipinski definition) is 6. The Morgan fingerprint density at radius 3 is 2.26 bits per heavy atom. The van der Waals surface area contributed by atoms with Gasteiger partial charge >= 0.3 is 12.0 Å². The Hall–Kier alpha value is -5.64. The normalized spacial score (nSPS) is 14.4. The number of aliphatic imine (C=N–C) groups is 1. The van der Waals surface area contributed by atoms with Gasteiger partial charge in [-0.1, -0.05) is 60.7 Å². The molecule has 5 rings (SSSR count). The molecule has 0 saturated heterocycles. The molecule has 0 bridgehead atoms. The number of Topliss-reactive ketones (excluding diaryl/α,β-unsaturated/α-hetero) is 1. The molecule has 47 heavy (non-hydrogen) atoms. The molecule has 1 aliphatic heterocycles. The second-order valence-corrected chi connectivity index (χ2v) is 12.2. The van der Waals surface area contributed by atoms with Crippen molar-refractivity contribution < 1.29 is 28.3 Å². The topological polar surface area (TPSA) is 117 Å². The average molecular weight is 635 g/mol. The molecule has 0 saturated carbocycles. The zero-order valence-electron chi connectivity index (χ0n) is 26.8. The van der Waals surface area contributed by atoms with E-state index in [4.69, 9.17) is 4.74 Å². The second kappa shape index (κ2) is 13.4. The molecule has 0 aromatic heterocycles. The van der Waals surface area contributed by atoms with Gasteiger partial charge in [-0.05, 0) is 76.1 Å². The summed E-state index contributed by atoms with van der Waals surface area (Å²) < 4.78 is 20.7. The molecule has 4 aromatic carbocycles. The number of amides is 3. The number of para-hydroxylation sites is 1. The van der Waals surface area contributed by atoms with E-state index in [1.165, 1.54) is 23.1 Å². The van der Waals surface area contributed by atoms with Gasteiger partial charge in [0.05, 0.1) is 23.5 Å². The lowest BCUT2D eigenvalue weighted by molar-refractivity contribution is -0.120. The lowest BCUT2D eigenvalue weighted by Crippen LogP contribution is -2.50. The van der Waals surface area contributed by atoms with E-state index in [9.17, 15) is 19.2 Å². The van der Waals surface area contributed by atoms with E-state index in [2.05, 4.69) is 15.6 Å². The van der Waals surface area contributed by atoms with Crippen molar-refractivity contribution in [3.8, 4) is 0 Å². The summed E-state index contributed by atoms with van der Waals surface area (Å²) in [6.45, 7) is 8.49. The first-order valence-electron chi connectivity index (χ1n) is 15.1. The fourth-order valence-corrected chi connectivity index (χ4v) is 5.31. The van der Waals surface area contributed by atoms with Crippen molar-refractivity contribution in [2.45, 2.75) is 46.4 Å². The summed E-state index contributed by atoms with van der Waals surface area (Å²) in [6.07, 6.45) is -1.55. The average Bonchev–Trinajstić information content (AvgIpc) is 3.12. The Morgan fingerprint density at radius 1 is 0.872 bits per heavy atom. The first-order valence-corrected chi connectivity index (χ1v) is 15.1. The van der Waals surface area contributed by atoms with Gasteiger partial charge in [0, 0.05) is 22.4 Å². The molecule has 1 aliphatic rings. The molecule has 2 N–H and O–H groups in total. The van der Waals surface area contributed by atoms with E-state index in [-0.39, 0.29) is 34.9 Å². The number of ketones is 1. The van der Waals surface area contributed by atoms with Gasteiger partial charge in [-0.3, -0.25) is 9.59 Å². The molecule has 3 amide bonds. The SMILES string of the molecule is Cc1ccccc1C(=O)CN1C(=O)C(NC(=O)Nc2cccc(C(=O)OC(C)(C)C)c2)N=C(c2ccccc2F)c2cccc(C)c21. The van der Waals surface area contributed by atoms with Crippen molar-refractivity contribution in [1.82, 2.24) is 5.32 Å². The van der Waals surface area contributed by atoms with Crippen molar-refractivity contribution in [2.24, 2.45) is 4.99 Å². The molecule has 9 nitrogen and oxygen atoms in total. The fourth-order valence-electron chi connectivity index (χ4n) is 5.31. The van der Waals surface area contributed by atoms with E-state index in [0.717, 1.165) is 5.56 Å². The van der Waals surface area contributed by atoms with Crippen LogP contribution in [0.25, 0.3) is 0 Å². The summed E-state index contributed by atoms with van der Waals surface area (Å²) in [5, 5.41) is 5.23. The Morgan fingerprint density at radius 2 is 1.53 bits per heavy atom. The highest BCUT2D eigenvalue weighted by molar-refractivity contribution is 6.22. The van der Waals surface area contributed by atoms with Crippen LogP contribution >= 0.6 is 0 Å².